The predicted molar refractivity (Wildman–Crippen MR) is 121 cm³/mol. The lowest BCUT2D eigenvalue weighted by Crippen LogP contribution is -2.09. The molecule has 0 saturated heterocycles. The molecule has 1 N–H and O–H groups in total. The molecule has 152 valence electrons. The molecule has 7 heteroatoms. The van der Waals surface area contributed by atoms with Crippen LogP contribution in [0.4, 0.5) is 5.69 Å². The minimum absolute atomic E-state index is 0.167. The number of rotatable bonds is 7. The van der Waals surface area contributed by atoms with Gasteiger partial charge in [0.2, 0.25) is 0 Å². The highest BCUT2D eigenvalue weighted by Crippen LogP contribution is 2.22. The van der Waals surface area contributed by atoms with Crippen molar-refractivity contribution in [2.24, 2.45) is 0 Å². The molecule has 30 heavy (non-hydrogen) atoms. The highest BCUT2D eigenvalue weighted by molar-refractivity contribution is 7.12. The van der Waals surface area contributed by atoms with E-state index in [-0.39, 0.29) is 5.91 Å². The topological polar surface area (TPSA) is 56.1 Å². The molecule has 5 nitrogen and oxygen atoms in total. The smallest absolute Gasteiger partial charge is 0.265 e. The minimum Gasteiger partial charge on any atom is -0.489 e. The summed E-state index contributed by atoms with van der Waals surface area (Å²) in [6, 6.07) is 17.4. The van der Waals surface area contributed by atoms with Crippen molar-refractivity contribution in [3.63, 3.8) is 0 Å². The van der Waals surface area contributed by atoms with Crippen molar-refractivity contribution in [2.75, 3.05) is 5.32 Å². The van der Waals surface area contributed by atoms with Gasteiger partial charge in [-0.2, -0.15) is 5.10 Å². The van der Waals surface area contributed by atoms with Crippen LogP contribution in [-0.4, -0.2) is 15.7 Å². The number of halogens is 1. The second-order valence-corrected chi connectivity index (χ2v) is 8.16. The highest BCUT2D eigenvalue weighted by atomic mass is 35.5. The van der Waals surface area contributed by atoms with Crippen LogP contribution in [0.2, 0.25) is 5.02 Å². The summed E-state index contributed by atoms with van der Waals surface area (Å²) in [4.78, 5) is 13.2. The largest absolute Gasteiger partial charge is 0.489 e. The molecule has 0 unspecified atom stereocenters. The predicted octanol–water partition coefficient (Wildman–Crippen LogP) is 5.79. The lowest BCUT2D eigenvalue weighted by Gasteiger charge is -2.07. The molecule has 0 radical (unpaired) electrons. The first-order chi connectivity index (χ1) is 14.6. The number of carbonyl (C=O) groups is 1. The third kappa shape index (κ3) is 4.90. The Balaban J connectivity index is 1.35. The van der Waals surface area contributed by atoms with Crippen molar-refractivity contribution in [1.29, 1.82) is 0 Å². The number of aromatic nitrogens is 2. The van der Waals surface area contributed by atoms with Gasteiger partial charge in [0, 0.05) is 16.8 Å². The number of ether oxygens (including phenoxy) is 1. The molecule has 2 aromatic heterocycles. The molecule has 4 aromatic rings. The van der Waals surface area contributed by atoms with Gasteiger partial charge in [-0.05, 0) is 41.6 Å². The molecule has 2 heterocycles. The molecule has 0 spiro atoms. The summed E-state index contributed by atoms with van der Waals surface area (Å²) in [6.07, 6.45) is 3.42. The summed E-state index contributed by atoms with van der Waals surface area (Å²) in [5.41, 5.74) is 3.65. The molecule has 0 aliphatic carbocycles. The van der Waals surface area contributed by atoms with Crippen LogP contribution in [0.5, 0.6) is 5.75 Å². The summed E-state index contributed by atoms with van der Waals surface area (Å²) >= 11 is 7.59. The number of para-hydroxylation sites is 1. The number of hydrogen-bond acceptors (Lipinski definition) is 4. The monoisotopic (exact) mass is 437 g/mol. The van der Waals surface area contributed by atoms with E-state index in [1.807, 2.05) is 66.9 Å². The zero-order valence-electron chi connectivity index (χ0n) is 16.3. The van der Waals surface area contributed by atoms with Crippen molar-refractivity contribution >= 4 is 34.5 Å². The minimum atomic E-state index is -0.167. The maximum atomic E-state index is 12.6. The number of nitrogens with zero attached hydrogens (tertiary/aromatic N) is 2. The van der Waals surface area contributed by atoms with Gasteiger partial charge in [-0.15, -0.1) is 11.3 Å². The Bertz CT molecular complexity index is 1170. The zero-order valence-corrected chi connectivity index (χ0v) is 17.9. The summed E-state index contributed by atoms with van der Waals surface area (Å²) in [6.45, 7) is 2.97. The third-order valence-corrected chi connectivity index (χ3v) is 5.89. The van der Waals surface area contributed by atoms with E-state index < -0.39 is 0 Å². The lowest BCUT2D eigenvalue weighted by atomic mass is 10.2. The number of amides is 1. The normalized spacial score (nSPS) is 10.7. The fraction of sp³-hybridized carbons (Fsp3) is 0.130. The van der Waals surface area contributed by atoms with Gasteiger partial charge in [-0.1, -0.05) is 48.0 Å². The van der Waals surface area contributed by atoms with E-state index in [2.05, 4.69) is 10.4 Å². The number of carbonyl (C=O) groups excluding carboxylic acids is 1. The van der Waals surface area contributed by atoms with Gasteiger partial charge in [-0.3, -0.25) is 9.48 Å². The van der Waals surface area contributed by atoms with Crippen molar-refractivity contribution in [3.8, 4) is 5.75 Å². The van der Waals surface area contributed by atoms with E-state index in [1.54, 1.807) is 17.1 Å². The van der Waals surface area contributed by atoms with E-state index in [0.29, 0.717) is 28.7 Å². The average Bonchev–Trinajstić information content (AvgIpc) is 3.39. The van der Waals surface area contributed by atoms with Gasteiger partial charge >= 0.3 is 0 Å². The summed E-state index contributed by atoms with van der Waals surface area (Å²) in [7, 11) is 0. The maximum absolute atomic E-state index is 12.6. The van der Waals surface area contributed by atoms with Gasteiger partial charge in [0.1, 0.15) is 12.4 Å². The molecule has 0 aliphatic heterocycles. The van der Waals surface area contributed by atoms with E-state index >= 15 is 0 Å². The Hall–Kier alpha value is -3.09. The molecule has 0 saturated carbocycles. The second-order valence-electron chi connectivity index (χ2n) is 6.85. The van der Waals surface area contributed by atoms with E-state index in [1.165, 1.54) is 11.3 Å². The number of nitrogens with one attached hydrogen (secondary N) is 1. The summed E-state index contributed by atoms with van der Waals surface area (Å²) < 4.78 is 7.60. The van der Waals surface area contributed by atoms with Crippen molar-refractivity contribution < 1.29 is 9.53 Å². The van der Waals surface area contributed by atoms with Crippen LogP contribution in [0.3, 0.4) is 0 Å². The molecule has 0 atom stereocenters. The van der Waals surface area contributed by atoms with Gasteiger partial charge in [0.05, 0.1) is 23.3 Å². The fourth-order valence-corrected chi connectivity index (χ4v) is 3.95. The second kappa shape index (κ2) is 9.15. The first kappa shape index (κ1) is 20.2. The number of thiophene rings is 1. The van der Waals surface area contributed by atoms with Crippen molar-refractivity contribution in [3.05, 3.63) is 99.0 Å². The molecular formula is C23H20ClN3O2S. The third-order valence-electron chi connectivity index (χ3n) is 4.55. The Morgan fingerprint density at radius 1 is 1.20 bits per heavy atom. The SMILES string of the molecule is Cc1ccccc1OCc1csc(C(=O)Nc2cnn(Cc3ccccc3Cl)c2)c1. The molecule has 2 aromatic carbocycles. The van der Waals surface area contributed by atoms with Gasteiger partial charge in [0.15, 0.2) is 0 Å². The molecule has 4 rings (SSSR count). The van der Waals surface area contributed by atoms with Crippen LogP contribution < -0.4 is 10.1 Å². The highest BCUT2D eigenvalue weighted by Gasteiger charge is 2.12. The molecule has 0 aliphatic rings. The molecule has 0 fully saturated rings. The molecular weight excluding hydrogens is 418 g/mol. The fourth-order valence-electron chi connectivity index (χ4n) is 2.96. The first-order valence-electron chi connectivity index (χ1n) is 9.41. The lowest BCUT2D eigenvalue weighted by molar-refractivity contribution is 0.103. The Kier molecular flexibility index (Phi) is 6.16. The number of aryl methyl sites for hydroxylation is 1. The van der Waals surface area contributed by atoms with Crippen LogP contribution in [0.15, 0.2) is 72.4 Å². The van der Waals surface area contributed by atoms with Gasteiger partial charge in [0.25, 0.3) is 5.91 Å². The standard InChI is InChI=1S/C23H20ClN3O2S/c1-16-6-2-5-9-21(16)29-14-17-10-22(30-15-17)23(28)26-19-11-25-27(13-19)12-18-7-3-4-8-20(18)24/h2-11,13,15H,12,14H2,1H3,(H,26,28). The maximum Gasteiger partial charge on any atom is 0.265 e. The average molecular weight is 438 g/mol. The Morgan fingerprint density at radius 2 is 2.00 bits per heavy atom. The Morgan fingerprint density at radius 3 is 2.83 bits per heavy atom. The quantitative estimate of drug-likeness (QED) is 0.398. The number of benzene rings is 2. The van der Waals surface area contributed by atoms with E-state index in [4.69, 9.17) is 16.3 Å². The van der Waals surface area contributed by atoms with Crippen molar-refractivity contribution in [1.82, 2.24) is 9.78 Å². The molecule has 1 amide bonds. The number of hydrogen-bond donors (Lipinski definition) is 1. The van der Waals surface area contributed by atoms with Crippen LogP contribution in [-0.2, 0) is 13.2 Å². The zero-order chi connectivity index (χ0) is 20.9. The first-order valence-corrected chi connectivity index (χ1v) is 10.7. The summed E-state index contributed by atoms with van der Waals surface area (Å²) in [5.74, 6) is 0.681. The van der Waals surface area contributed by atoms with Crippen molar-refractivity contribution in [2.45, 2.75) is 20.1 Å². The van der Waals surface area contributed by atoms with E-state index in [0.717, 1.165) is 22.4 Å². The number of anilines is 1. The summed E-state index contributed by atoms with van der Waals surface area (Å²) in [5, 5.41) is 9.82. The van der Waals surface area contributed by atoms with Gasteiger partial charge in [-0.25, -0.2) is 0 Å². The van der Waals surface area contributed by atoms with Crippen LogP contribution in [0, 0.1) is 6.92 Å². The van der Waals surface area contributed by atoms with Crippen LogP contribution in [0.1, 0.15) is 26.4 Å². The Labute approximate surface area is 183 Å². The van der Waals surface area contributed by atoms with E-state index in [9.17, 15) is 4.79 Å². The van der Waals surface area contributed by atoms with Crippen LogP contribution >= 0.6 is 22.9 Å². The molecule has 0 bridgehead atoms. The van der Waals surface area contributed by atoms with Crippen LogP contribution in [0.25, 0.3) is 0 Å². The van der Waals surface area contributed by atoms with Gasteiger partial charge < -0.3 is 10.1 Å².